The average Bonchev–Trinajstić information content (AvgIpc) is 2.76. The van der Waals surface area contributed by atoms with Crippen molar-refractivity contribution in [2.75, 3.05) is 5.32 Å². The van der Waals surface area contributed by atoms with Crippen LogP contribution in [0.1, 0.15) is 23.6 Å². The second kappa shape index (κ2) is 10.5. The molecule has 32 heavy (non-hydrogen) atoms. The van der Waals surface area contributed by atoms with Crippen LogP contribution < -0.4 is 10.0 Å². The quantitative estimate of drug-likeness (QED) is 0.444. The van der Waals surface area contributed by atoms with Crippen molar-refractivity contribution in [3.05, 3.63) is 93.5 Å². The van der Waals surface area contributed by atoms with Crippen LogP contribution in [0, 0.1) is 6.92 Å². The molecule has 0 bridgehead atoms. The Bertz CT molecular complexity index is 1220. The minimum absolute atomic E-state index is 0.0212. The van der Waals surface area contributed by atoms with Crippen LogP contribution in [0.25, 0.3) is 0 Å². The maximum Gasteiger partial charge on any atom is 0.242 e. The molecule has 0 radical (unpaired) electrons. The highest BCUT2D eigenvalue weighted by Crippen LogP contribution is 2.26. The molecule has 168 valence electrons. The van der Waals surface area contributed by atoms with Crippen molar-refractivity contribution >= 4 is 44.8 Å². The fraction of sp³-hybridized carbons (Fsp3) is 0.208. The Labute approximate surface area is 198 Å². The third kappa shape index (κ3) is 5.90. The van der Waals surface area contributed by atoms with Crippen molar-refractivity contribution in [3.8, 4) is 0 Å². The van der Waals surface area contributed by atoms with Gasteiger partial charge in [-0.05, 0) is 54.7 Å². The Morgan fingerprint density at radius 1 is 1.00 bits per heavy atom. The van der Waals surface area contributed by atoms with E-state index < -0.39 is 22.0 Å². The highest BCUT2D eigenvalue weighted by molar-refractivity contribution is 7.89. The normalized spacial score (nSPS) is 12.4. The Kier molecular flexibility index (Phi) is 7.96. The van der Waals surface area contributed by atoms with Gasteiger partial charge in [-0.2, -0.15) is 4.72 Å². The first-order chi connectivity index (χ1) is 15.2. The summed E-state index contributed by atoms with van der Waals surface area (Å²) in [6.45, 7) is 3.90. The van der Waals surface area contributed by atoms with Gasteiger partial charge in [-0.1, -0.05) is 78.7 Å². The van der Waals surface area contributed by atoms with Crippen molar-refractivity contribution in [1.82, 2.24) is 4.72 Å². The number of para-hydroxylation sites is 1. The molecule has 3 aromatic carbocycles. The van der Waals surface area contributed by atoms with Gasteiger partial charge < -0.3 is 5.32 Å². The number of halogens is 2. The van der Waals surface area contributed by atoms with Gasteiger partial charge >= 0.3 is 0 Å². The van der Waals surface area contributed by atoms with Crippen LogP contribution >= 0.6 is 23.2 Å². The number of carbonyl (C=O) groups excluding carboxylic acids is 1. The lowest BCUT2D eigenvalue weighted by atomic mass is 10.0. The third-order valence-electron chi connectivity index (χ3n) is 5.07. The van der Waals surface area contributed by atoms with E-state index in [1.807, 2.05) is 62.4 Å². The highest BCUT2D eigenvalue weighted by atomic mass is 35.5. The second-order valence-corrected chi connectivity index (χ2v) is 9.92. The molecule has 1 atom stereocenters. The summed E-state index contributed by atoms with van der Waals surface area (Å²) in [7, 11) is -4.12. The van der Waals surface area contributed by atoms with E-state index in [-0.39, 0.29) is 21.4 Å². The molecule has 5 nitrogen and oxygen atoms in total. The number of aryl methyl sites for hydroxylation is 2. The molecule has 0 saturated heterocycles. The lowest BCUT2D eigenvalue weighted by Crippen LogP contribution is -2.45. The fourth-order valence-corrected chi connectivity index (χ4v) is 5.34. The summed E-state index contributed by atoms with van der Waals surface area (Å²) < 4.78 is 28.8. The van der Waals surface area contributed by atoms with Crippen molar-refractivity contribution in [2.24, 2.45) is 0 Å². The predicted molar refractivity (Wildman–Crippen MR) is 130 cm³/mol. The van der Waals surface area contributed by atoms with Gasteiger partial charge in [0.2, 0.25) is 15.9 Å². The summed E-state index contributed by atoms with van der Waals surface area (Å²) in [5.74, 6) is -0.459. The number of rotatable bonds is 8. The van der Waals surface area contributed by atoms with E-state index in [2.05, 4.69) is 10.0 Å². The lowest BCUT2D eigenvalue weighted by molar-refractivity contribution is -0.117. The minimum Gasteiger partial charge on any atom is -0.324 e. The number of sulfonamides is 1. The van der Waals surface area contributed by atoms with E-state index in [9.17, 15) is 13.2 Å². The van der Waals surface area contributed by atoms with E-state index in [1.54, 1.807) is 0 Å². The standard InChI is InChI=1S/C24H24Cl2N2O3S/c1-3-18-11-7-8-16(2)23(18)27-24(29)21(14-17-9-5-4-6-10-17)28-32(30,31)22-15-19(25)12-13-20(22)26/h4-13,15,21,28H,3,14H2,1-2H3,(H,27,29)/t21-/m1/s1. The molecule has 0 aliphatic rings. The van der Waals surface area contributed by atoms with Crippen molar-refractivity contribution in [1.29, 1.82) is 0 Å². The molecule has 0 aromatic heterocycles. The molecule has 0 saturated carbocycles. The number of nitrogens with one attached hydrogen (secondary N) is 2. The number of carbonyl (C=O) groups is 1. The van der Waals surface area contributed by atoms with Crippen LogP contribution in [0.2, 0.25) is 10.0 Å². The summed E-state index contributed by atoms with van der Waals surface area (Å²) >= 11 is 12.1. The molecule has 0 heterocycles. The molecule has 0 fully saturated rings. The fourth-order valence-electron chi connectivity index (χ4n) is 3.38. The zero-order chi connectivity index (χ0) is 23.3. The third-order valence-corrected chi connectivity index (χ3v) is 7.26. The predicted octanol–water partition coefficient (Wildman–Crippen LogP) is 5.39. The van der Waals surface area contributed by atoms with Crippen LogP contribution in [0.15, 0.2) is 71.6 Å². The first-order valence-electron chi connectivity index (χ1n) is 10.1. The van der Waals surface area contributed by atoms with Gasteiger partial charge in [-0.3, -0.25) is 4.79 Å². The number of anilines is 1. The Balaban J connectivity index is 1.95. The lowest BCUT2D eigenvalue weighted by Gasteiger charge is -2.21. The average molecular weight is 491 g/mol. The summed E-state index contributed by atoms with van der Waals surface area (Å²) in [5, 5.41) is 3.17. The molecular weight excluding hydrogens is 467 g/mol. The summed E-state index contributed by atoms with van der Waals surface area (Å²) in [4.78, 5) is 13.1. The van der Waals surface area contributed by atoms with Gasteiger partial charge in [0.05, 0.1) is 5.02 Å². The van der Waals surface area contributed by atoms with Gasteiger partial charge in [0.15, 0.2) is 0 Å². The molecule has 0 aliphatic carbocycles. The number of benzene rings is 3. The molecule has 0 spiro atoms. The van der Waals surface area contributed by atoms with E-state index in [1.165, 1.54) is 18.2 Å². The van der Waals surface area contributed by atoms with Gasteiger partial charge in [-0.25, -0.2) is 8.42 Å². The van der Waals surface area contributed by atoms with Gasteiger partial charge in [0.25, 0.3) is 0 Å². The van der Waals surface area contributed by atoms with Crippen LogP contribution in [0.3, 0.4) is 0 Å². The van der Waals surface area contributed by atoms with Gasteiger partial charge in [0.1, 0.15) is 10.9 Å². The van der Waals surface area contributed by atoms with Crippen LogP contribution in [0.4, 0.5) is 5.69 Å². The largest absolute Gasteiger partial charge is 0.324 e. The van der Waals surface area contributed by atoms with Gasteiger partial charge in [-0.15, -0.1) is 0 Å². The van der Waals surface area contributed by atoms with Crippen LogP contribution in [-0.2, 0) is 27.7 Å². The number of hydrogen-bond donors (Lipinski definition) is 2. The summed E-state index contributed by atoms with van der Waals surface area (Å²) in [6, 6.07) is 18.1. The van der Waals surface area contributed by atoms with Crippen LogP contribution in [0.5, 0.6) is 0 Å². The first-order valence-corrected chi connectivity index (χ1v) is 12.4. The van der Waals surface area contributed by atoms with E-state index in [0.29, 0.717) is 5.69 Å². The van der Waals surface area contributed by atoms with Crippen molar-refractivity contribution < 1.29 is 13.2 Å². The van der Waals surface area contributed by atoms with E-state index in [4.69, 9.17) is 23.2 Å². The zero-order valence-electron chi connectivity index (χ0n) is 17.7. The second-order valence-electron chi connectivity index (χ2n) is 7.39. The summed E-state index contributed by atoms with van der Waals surface area (Å²) in [6.07, 6.45) is 0.891. The Morgan fingerprint density at radius 2 is 1.72 bits per heavy atom. The van der Waals surface area contributed by atoms with Crippen molar-refractivity contribution in [2.45, 2.75) is 37.6 Å². The van der Waals surface area contributed by atoms with E-state index >= 15 is 0 Å². The topological polar surface area (TPSA) is 75.3 Å². The molecular formula is C24H24Cl2N2O3S. The Morgan fingerprint density at radius 3 is 2.41 bits per heavy atom. The maximum atomic E-state index is 13.3. The molecule has 2 N–H and O–H groups in total. The minimum atomic E-state index is -4.12. The highest BCUT2D eigenvalue weighted by Gasteiger charge is 2.28. The first kappa shape index (κ1) is 24.3. The number of hydrogen-bond acceptors (Lipinski definition) is 3. The zero-order valence-corrected chi connectivity index (χ0v) is 20.1. The SMILES string of the molecule is CCc1cccc(C)c1NC(=O)[C@@H](Cc1ccccc1)NS(=O)(=O)c1cc(Cl)ccc1Cl. The smallest absolute Gasteiger partial charge is 0.242 e. The van der Waals surface area contributed by atoms with Gasteiger partial charge in [0, 0.05) is 10.7 Å². The molecule has 0 unspecified atom stereocenters. The molecule has 3 aromatic rings. The molecule has 3 rings (SSSR count). The van der Waals surface area contributed by atoms with Crippen LogP contribution in [-0.4, -0.2) is 20.4 Å². The summed E-state index contributed by atoms with van der Waals surface area (Å²) in [5.41, 5.74) is 3.38. The molecule has 1 amide bonds. The Hall–Kier alpha value is -2.38. The van der Waals surface area contributed by atoms with E-state index in [0.717, 1.165) is 23.1 Å². The number of amides is 1. The molecule has 8 heteroatoms. The molecule has 0 aliphatic heterocycles. The van der Waals surface area contributed by atoms with Crippen molar-refractivity contribution in [3.63, 3.8) is 0 Å². The maximum absolute atomic E-state index is 13.3. The monoisotopic (exact) mass is 490 g/mol.